The summed E-state index contributed by atoms with van der Waals surface area (Å²) in [4.78, 5) is 29.0. The predicted molar refractivity (Wildman–Crippen MR) is 78.4 cm³/mol. The number of carboxylic acid groups (broad SMARTS) is 1. The van der Waals surface area contributed by atoms with Crippen LogP contribution in [0.4, 0.5) is 0 Å². The van der Waals surface area contributed by atoms with E-state index in [0.29, 0.717) is 12.2 Å². The standard InChI is InChI=1S/C12H12Cl2N2O3S/c1-2-9-16(8(5-20-9)12(18)19)11(17)6-3-7(13)10(14)15-4-6/h3-4,8-9H,2,5H2,1H3,(H,18,19). The fraction of sp³-hybridized carbons (Fsp3) is 0.417. The Hall–Kier alpha value is -0.980. The molecule has 5 nitrogen and oxygen atoms in total. The number of hydrogen-bond acceptors (Lipinski definition) is 4. The van der Waals surface area contributed by atoms with Gasteiger partial charge >= 0.3 is 5.97 Å². The van der Waals surface area contributed by atoms with Crippen molar-refractivity contribution in [1.82, 2.24) is 9.88 Å². The van der Waals surface area contributed by atoms with Crippen molar-refractivity contribution >= 4 is 46.8 Å². The van der Waals surface area contributed by atoms with Gasteiger partial charge in [-0.25, -0.2) is 9.78 Å². The number of nitrogens with zero attached hydrogens (tertiary/aromatic N) is 2. The lowest BCUT2D eigenvalue weighted by atomic mass is 10.2. The van der Waals surface area contributed by atoms with E-state index < -0.39 is 12.0 Å². The fourth-order valence-electron chi connectivity index (χ4n) is 2.03. The molecule has 0 aliphatic carbocycles. The van der Waals surface area contributed by atoms with Crippen LogP contribution in [0.3, 0.4) is 0 Å². The Morgan fingerprint density at radius 1 is 1.55 bits per heavy atom. The van der Waals surface area contributed by atoms with Crippen LogP contribution in [0, 0.1) is 0 Å². The summed E-state index contributed by atoms with van der Waals surface area (Å²) in [6.07, 6.45) is 1.99. The highest BCUT2D eigenvalue weighted by atomic mass is 35.5. The number of amides is 1. The number of carbonyl (C=O) groups is 2. The number of halogens is 2. The topological polar surface area (TPSA) is 70.5 Å². The zero-order chi connectivity index (χ0) is 14.9. The van der Waals surface area contributed by atoms with Gasteiger partial charge in [-0.1, -0.05) is 30.1 Å². The molecule has 2 rings (SSSR count). The Kier molecular flexibility index (Phi) is 4.78. The first kappa shape index (κ1) is 15.4. The monoisotopic (exact) mass is 334 g/mol. The summed E-state index contributed by atoms with van der Waals surface area (Å²) < 4.78 is 0. The molecule has 0 aromatic carbocycles. The van der Waals surface area contributed by atoms with E-state index in [-0.39, 0.29) is 27.0 Å². The van der Waals surface area contributed by atoms with Gasteiger partial charge in [-0.05, 0) is 12.5 Å². The van der Waals surface area contributed by atoms with Crippen molar-refractivity contribution in [3.8, 4) is 0 Å². The van der Waals surface area contributed by atoms with Gasteiger partial charge in [-0.2, -0.15) is 0 Å². The van der Waals surface area contributed by atoms with E-state index in [2.05, 4.69) is 4.98 Å². The molecule has 1 aliphatic rings. The molecule has 1 amide bonds. The van der Waals surface area contributed by atoms with Crippen LogP contribution in [0.15, 0.2) is 12.3 Å². The van der Waals surface area contributed by atoms with Gasteiger partial charge in [0, 0.05) is 11.9 Å². The molecular formula is C12H12Cl2N2O3S. The van der Waals surface area contributed by atoms with Gasteiger partial charge < -0.3 is 10.0 Å². The number of aromatic nitrogens is 1. The second kappa shape index (κ2) is 6.20. The van der Waals surface area contributed by atoms with Crippen LogP contribution in [0.5, 0.6) is 0 Å². The highest BCUT2D eigenvalue weighted by Crippen LogP contribution is 2.33. The van der Waals surface area contributed by atoms with Gasteiger partial charge in [0.2, 0.25) is 0 Å². The minimum absolute atomic E-state index is 0.112. The van der Waals surface area contributed by atoms with Crippen molar-refractivity contribution in [3.63, 3.8) is 0 Å². The maximum atomic E-state index is 12.5. The zero-order valence-electron chi connectivity index (χ0n) is 10.5. The SMILES string of the molecule is CCC1SCC(C(=O)O)N1C(=O)c1cnc(Cl)c(Cl)c1. The second-order valence-electron chi connectivity index (χ2n) is 4.26. The maximum Gasteiger partial charge on any atom is 0.327 e. The van der Waals surface area contributed by atoms with E-state index in [0.717, 1.165) is 0 Å². The average molecular weight is 335 g/mol. The van der Waals surface area contributed by atoms with Crippen LogP contribution in [-0.4, -0.2) is 44.0 Å². The van der Waals surface area contributed by atoms with Gasteiger partial charge in [0.15, 0.2) is 0 Å². The Morgan fingerprint density at radius 3 is 2.80 bits per heavy atom. The molecule has 0 spiro atoms. The predicted octanol–water partition coefficient (Wildman–Crippen LogP) is 2.77. The maximum absolute atomic E-state index is 12.5. The van der Waals surface area contributed by atoms with Crippen LogP contribution in [0.25, 0.3) is 0 Å². The number of rotatable bonds is 3. The van der Waals surface area contributed by atoms with Crippen molar-refractivity contribution in [3.05, 3.63) is 28.0 Å². The summed E-state index contributed by atoms with van der Waals surface area (Å²) in [7, 11) is 0. The Morgan fingerprint density at radius 2 is 2.25 bits per heavy atom. The number of hydrogen-bond donors (Lipinski definition) is 1. The molecule has 2 unspecified atom stereocenters. The van der Waals surface area contributed by atoms with Crippen molar-refractivity contribution < 1.29 is 14.7 Å². The van der Waals surface area contributed by atoms with E-state index in [1.165, 1.54) is 28.9 Å². The largest absolute Gasteiger partial charge is 0.480 e. The zero-order valence-corrected chi connectivity index (χ0v) is 12.9. The third-order valence-electron chi connectivity index (χ3n) is 3.00. The highest BCUT2D eigenvalue weighted by molar-refractivity contribution is 8.00. The lowest BCUT2D eigenvalue weighted by Crippen LogP contribution is -2.45. The van der Waals surface area contributed by atoms with Crippen molar-refractivity contribution in [2.24, 2.45) is 0 Å². The van der Waals surface area contributed by atoms with Crippen LogP contribution in [0.2, 0.25) is 10.2 Å². The molecule has 0 radical (unpaired) electrons. The van der Waals surface area contributed by atoms with Crippen LogP contribution >= 0.6 is 35.0 Å². The minimum Gasteiger partial charge on any atom is -0.480 e. The molecule has 2 atom stereocenters. The normalized spacial score (nSPS) is 22.1. The molecule has 2 heterocycles. The lowest BCUT2D eigenvalue weighted by Gasteiger charge is -2.26. The molecule has 8 heteroatoms. The van der Waals surface area contributed by atoms with E-state index in [1.807, 2.05) is 6.92 Å². The molecule has 1 saturated heterocycles. The van der Waals surface area contributed by atoms with Crippen molar-refractivity contribution in [2.45, 2.75) is 24.8 Å². The van der Waals surface area contributed by atoms with Crippen molar-refractivity contribution in [2.75, 3.05) is 5.75 Å². The molecule has 1 N–H and O–H groups in total. The Balaban J connectivity index is 2.33. The summed E-state index contributed by atoms with van der Waals surface area (Å²) >= 11 is 13.0. The number of pyridine rings is 1. The molecule has 20 heavy (non-hydrogen) atoms. The molecule has 108 valence electrons. The third-order valence-corrected chi connectivity index (χ3v) is 5.14. The van der Waals surface area contributed by atoms with Gasteiger partial charge in [-0.15, -0.1) is 11.8 Å². The number of carboxylic acids is 1. The van der Waals surface area contributed by atoms with E-state index >= 15 is 0 Å². The second-order valence-corrected chi connectivity index (χ2v) is 6.24. The summed E-state index contributed by atoms with van der Waals surface area (Å²) in [5, 5.41) is 9.35. The summed E-state index contributed by atoms with van der Waals surface area (Å²) in [6, 6.07) is 0.584. The number of thioether (sulfide) groups is 1. The molecule has 0 saturated carbocycles. The molecule has 1 aromatic heterocycles. The number of carbonyl (C=O) groups excluding carboxylic acids is 1. The first-order chi connectivity index (χ1) is 9.45. The summed E-state index contributed by atoms with van der Waals surface area (Å²) in [5.41, 5.74) is 0.242. The van der Waals surface area contributed by atoms with Gasteiger partial charge in [0.1, 0.15) is 11.2 Å². The Labute approximate surface area is 130 Å². The van der Waals surface area contributed by atoms with Gasteiger partial charge in [0.25, 0.3) is 5.91 Å². The fourth-order valence-corrected chi connectivity index (χ4v) is 3.64. The Bertz CT molecular complexity index is 556. The first-order valence-electron chi connectivity index (χ1n) is 5.93. The van der Waals surface area contributed by atoms with Crippen LogP contribution < -0.4 is 0 Å². The number of aliphatic carboxylic acids is 1. The quantitative estimate of drug-likeness (QED) is 0.860. The summed E-state index contributed by atoms with van der Waals surface area (Å²) in [5.74, 6) is -1.01. The van der Waals surface area contributed by atoms with E-state index in [1.54, 1.807) is 0 Å². The molecule has 0 bridgehead atoms. The molecule has 1 fully saturated rings. The minimum atomic E-state index is -1.00. The van der Waals surface area contributed by atoms with Crippen molar-refractivity contribution in [1.29, 1.82) is 0 Å². The van der Waals surface area contributed by atoms with E-state index in [9.17, 15) is 14.7 Å². The highest BCUT2D eigenvalue weighted by Gasteiger charge is 2.41. The average Bonchev–Trinajstić information content (AvgIpc) is 2.85. The molecule has 1 aromatic rings. The lowest BCUT2D eigenvalue weighted by molar-refractivity contribution is -0.141. The van der Waals surface area contributed by atoms with E-state index in [4.69, 9.17) is 23.2 Å². The molecular weight excluding hydrogens is 323 g/mol. The van der Waals surface area contributed by atoms with Gasteiger partial charge in [0.05, 0.1) is 16.0 Å². The molecule has 1 aliphatic heterocycles. The van der Waals surface area contributed by atoms with Crippen LogP contribution in [-0.2, 0) is 4.79 Å². The summed E-state index contributed by atoms with van der Waals surface area (Å²) in [6.45, 7) is 1.91. The first-order valence-corrected chi connectivity index (χ1v) is 7.74. The van der Waals surface area contributed by atoms with Gasteiger partial charge in [-0.3, -0.25) is 4.79 Å². The smallest absolute Gasteiger partial charge is 0.327 e. The third kappa shape index (κ3) is 2.87. The van der Waals surface area contributed by atoms with Crippen LogP contribution in [0.1, 0.15) is 23.7 Å².